The predicted molar refractivity (Wildman–Crippen MR) is 96.5 cm³/mol. The molecule has 1 amide bonds. The quantitative estimate of drug-likeness (QED) is 0.700. The Morgan fingerprint density at radius 2 is 1.95 bits per heavy atom. The lowest BCUT2D eigenvalue weighted by Gasteiger charge is -2.30. The number of carbonyl (C=O) groups is 1. The van der Waals surface area contributed by atoms with E-state index in [4.69, 9.17) is 18.0 Å². The summed E-state index contributed by atoms with van der Waals surface area (Å²) >= 11 is 12.0. The molecular weight excluding hydrogens is 416 g/mol. The Morgan fingerprint density at radius 3 is 2.52 bits per heavy atom. The van der Waals surface area contributed by atoms with Crippen LogP contribution >= 0.6 is 44.1 Å². The average Bonchev–Trinajstić information content (AvgIpc) is 2.45. The third-order valence-electron chi connectivity index (χ3n) is 3.89. The maximum atomic E-state index is 12.5. The van der Waals surface area contributed by atoms with Gasteiger partial charge in [0.1, 0.15) is 0 Å². The van der Waals surface area contributed by atoms with E-state index < -0.39 is 0 Å². The largest absolute Gasteiger partial charge is 0.392 e. The van der Waals surface area contributed by atoms with E-state index in [1.165, 1.54) is 19.3 Å². The minimum absolute atomic E-state index is 0.141. The lowest BCUT2D eigenvalue weighted by Crippen LogP contribution is -2.48. The molecule has 1 aromatic carbocycles. The third-order valence-corrected chi connectivity index (χ3v) is 5.29. The number of nitrogens with one attached hydrogen (secondary N) is 1. The first kappa shape index (κ1) is 16.9. The number of thiocarbonyl (C=S) groups is 1. The van der Waals surface area contributed by atoms with Gasteiger partial charge in [-0.05, 0) is 52.9 Å². The van der Waals surface area contributed by atoms with Gasteiger partial charge in [-0.1, -0.05) is 47.4 Å². The van der Waals surface area contributed by atoms with Crippen LogP contribution in [0.25, 0.3) is 0 Å². The first-order chi connectivity index (χ1) is 9.99. The summed E-state index contributed by atoms with van der Waals surface area (Å²) in [4.78, 5) is 12.8. The summed E-state index contributed by atoms with van der Waals surface area (Å²) in [7, 11) is 0. The molecule has 114 valence electrons. The number of nitrogens with two attached hydrogens (primary N) is 1. The van der Waals surface area contributed by atoms with Crippen LogP contribution in [0.3, 0.4) is 0 Å². The molecule has 0 heterocycles. The van der Waals surface area contributed by atoms with Crippen molar-refractivity contribution in [2.45, 2.75) is 38.1 Å². The first-order valence-electron chi connectivity index (χ1n) is 7.04. The molecule has 1 unspecified atom stereocenters. The topological polar surface area (TPSA) is 55.1 Å². The van der Waals surface area contributed by atoms with Crippen molar-refractivity contribution in [3.8, 4) is 0 Å². The summed E-state index contributed by atoms with van der Waals surface area (Å²) in [5.41, 5.74) is 6.45. The fraction of sp³-hybridized carbons (Fsp3) is 0.467. The van der Waals surface area contributed by atoms with Gasteiger partial charge in [0.2, 0.25) is 0 Å². The zero-order chi connectivity index (χ0) is 15.4. The zero-order valence-electron chi connectivity index (χ0n) is 11.6. The molecule has 0 bridgehead atoms. The van der Waals surface area contributed by atoms with Crippen LogP contribution < -0.4 is 11.1 Å². The molecule has 2 rings (SSSR count). The first-order valence-corrected chi connectivity index (χ1v) is 9.03. The molecule has 6 heteroatoms. The van der Waals surface area contributed by atoms with E-state index in [-0.39, 0.29) is 11.9 Å². The lowest BCUT2D eigenvalue weighted by atomic mass is 9.83. The molecule has 3 nitrogen and oxygen atoms in total. The Kier molecular flexibility index (Phi) is 6.20. The van der Waals surface area contributed by atoms with E-state index >= 15 is 0 Å². The third kappa shape index (κ3) is 4.50. The molecule has 0 spiro atoms. The number of rotatable bonds is 4. The molecule has 1 atom stereocenters. The smallest absolute Gasteiger partial charge is 0.252 e. The zero-order valence-corrected chi connectivity index (χ0v) is 15.6. The van der Waals surface area contributed by atoms with E-state index in [0.717, 1.165) is 21.8 Å². The van der Waals surface area contributed by atoms with Gasteiger partial charge in [0, 0.05) is 8.95 Å². The van der Waals surface area contributed by atoms with Crippen LogP contribution in [0.2, 0.25) is 0 Å². The normalized spacial score (nSPS) is 17.2. The summed E-state index contributed by atoms with van der Waals surface area (Å²) in [6.07, 6.45) is 5.77. The van der Waals surface area contributed by atoms with E-state index in [9.17, 15) is 4.79 Å². The van der Waals surface area contributed by atoms with Crippen molar-refractivity contribution < 1.29 is 4.79 Å². The highest BCUT2D eigenvalue weighted by molar-refractivity contribution is 9.11. The van der Waals surface area contributed by atoms with Crippen LogP contribution in [0.4, 0.5) is 0 Å². The van der Waals surface area contributed by atoms with Gasteiger partial charge in [0.15, 0.2) is 0 Å². The average molecular weight is 434 g/mol. The molecule has 0 aromatic heterocycles. The van der Waals surface area contributed by atoms with Gasteiger partial charge < -0.3 is 11.1 Å². The fourth-order valence-electron chi connectivity index (χ4n) is 2.78. The van der Waals surface area contributed by atoms with Crippen molar-refractivity contribution in [1.82, 2.24) is 5.32 Å². The summed E-state index contributed by atoms with van der Waals surface area (Å²) < 4.78 is 1.67. The van der Waals surface area contributed by atoms with Gasteiger partial charge in [-0.15, -0.1) is 0 Å². The van der Waals surface area contributed by atoms with Crippen LogP contribution in [0.15, 0.2) is 27.1 Å². The van der Waals surface area contributed by atoms with Crippen LogP contribution in [-0.2, 0) is 0 Å². The molecule has 1 aliphatic rings. The van der Waals surface area contributed by atoms with Crippen molar-refractivity contribution in [1.29, 1.82) is 0 Å². The second-order valence-corrected chi connectivity index (χ2v) is 7.62. The Bertz CT molecular complexity index is 544. The van der Waals surface area contributed by atoms with Crippen molar-refractivity contribution in [3.63, 3.8) is 0 Å². The van der Waals surface area contributed by atoms with Gasteiger partial charge in [-0.3, -0.25) is 4.79 Å². The molecular formula is C15H18Br2N2OS. The second kappa shape index (κ2) is 7.70. The minimum atomic E-state index is -0.219. The van der Waals surface area contributed by atoms with Crippen molar-refractivity contribution in [2.75, 3.05) is 0 Å². The van der Waals surface area contributed by atoms with Crippen molar-refractivity contribution in [3.05, 3.63) is 32.7 Å². The number of benzene rings is 1. The van der Waals surface area contributed by atoms with Crippen molar-refractivity contribution >= 4 is 55.0 Å². The molecule has 1 saturated carbocycles. The molecule has 0 aliphatic heterocycles. The summed E-state index contributed by atoms with van der Waals surface area (Å²) in [5.74, 6) is 0.215. The van der Waals surface area contributed by atoms with Crippen LogP contribution in [-0.4, -0.2) is 16.9 Å². The number of carbonyl (C=O) groups excluding carboxylic acids is 1. The monoisotopic (exact) mass is 432 g/mol. The van der Waals surface area contributed by atoms with Gasteiger partial charge in [0.25, 0.3) is 5.91 Å². The summed E-state index contributed by atoms with van der Waals surface area (Å²) in [5, 5.41) is 3.01. The molecule has 1 fully saturated rings. The molecule has 1 aliphatic carbocycles. The van der Waals surface area contributed by atoms with Crippen molar-refractivity contribution in [2.24, 2.45) is 11.7 Å². The van der Waals surface area contributed by atoms with Gasteiger partial charge in [0.05, 0.1) is 16.6 Å². The minimum Gasteiger partial charge on any atom is -0.392 e. The highest BCUT2D eigenvalue weighted by Crippen LogP contribution is 2.27. The Labute approximate surface area is 147 Å². The number of halogens is 2. The molecule has 0 saturated heterocycles. The van der Waals surface area contributed by atoms with Gasteiger partial charge in [-0.25, -0.2) is 0 Å². The van der Waals surface area contributed by atoms with Crippen LogP contribution in [0.5, 0.6) is 0 Å². The van der Waals surface area contributed by atoms with E-state index in [1.807, 2.05) is 12.1 Å². The Hall–Kier alpha value is -0.460. The maximum absolute atomic E-state index is 12.5. The number of hydrogen-bond acceptors (Lipinski definition) is 2. The fourth-order valence-corrected chi connectivity index (χ4v) is 4.26. The van der Waals surface area contributed by atoms with E-state index in [0.29, 0.717) is 16.5 Å². The molecule has 21 heavy (non-hydrogen) atoms. The summed E-state index contributed by atoms with van der Waals surface area (Å²) in [6, 6.07) is 5.26. The van der Waals surface area contributed by atoms with E-state index in [1.54, 1.807) is 6.07 Å². The van der Waals surface area contributed by atoms with E-state index in [2.05, 4.69) is 37.2 Å². The standard InChI is InChI=1S/C15H18Br2N2OS/c16-10-6-7-11(12(17)8-10)15(20)19-13(14(18)21)9-4-2-1-3-5-9/h6-9,13H,1-5H2,(H2,18,21)(H,19,20). The Balaban J connectivity index is 2.12. The lowest BCUT2D eigenvalue weighted by molar-refractivity contribution is 0.0931. The summed E-state index contributed by atoms with van der Waals surface area (Å²) in [6.45, 7) is 0. The van der Waals surface area contributed by atoms with Crippen LogP contribution in [0.1, 0.15) is 42.5 Å². The predicted octanol–water partition coefficient (Wildman–Crippen LogP) is 4.18. The van der Waals surface area contributed by atoms with Crippen LogP contribution in [0, 0.1) is 5.92 Å². The molecule has 3 N–H and O–H groups in total. The Morgan fingerprint density at radius 1 is 1.29 bits per heavy atom. The molecule has 0 radical (unpaired) electrons. The van der Waals surface area contributed by atoms with Gasteiger partial charge >= 0.3 is 0 Å². The second-order valence-electron chi connectivity index (χ2n) is 5.38. The molecule has 1 aromatic rings. The number of amides is 1. The van der Waals surface area contributed by atoms with Gasteiger partial charge in [-0.2, -0.15) is 0 Å². The highest BCUT2D eigenvalue weighted by Gasteiger charge is 2.27. The highest BCUT2D eigenvalue weighted by atomic mass is 79.9. The SMILES string of the molecule is NC(=S)C(NC(=O)c1ccc(Br)cc1Br)C1CCCCC1. The number of hydrogen-bond donors (Lipinski definition) is 2. The maximum Gasteiger partial charge on any atom is 0.252 e.